The van der Waals surface area contributed by atoms with E-state index in [2.05, 4.69) is 26.0 Å². The summed E-state index contributed by atoms with van der Waals surface area (Å²) in [6, 6.07) is -0.465. The number of benzene rings is 1. The van der Waals surface area contributed by atoms with Gasteiger partial charge in [-0.15, -0.1) is 0 Å². The van der Waals surface area contributed by atoms with Crippen LogP contribution in [0.25, 0.3) is 0 Å². The molecule has 17 nitrogen and oxygen atoms in total. The third-order valence-corrected chi connectivity index (χ3v) is 8.41. The summed E-state index contributed by atoms with van der Waals surface area (Å²) in [5.41, 5.74) is 5.11. The molecule has 0 aliphatic rings. The maximum atomic E-state index is 13.4. The molecule has 0 spiro atoms. The number of aliphatic hydroxyl groups excluding tert-OH is 1. The van der Waals surface area contributed by atoms with Crippen molar-refractivity contribution in [2.24, 2.45) is 11.7 Å². The second kappa shape index (κ2) is 19.0. The molecule has 5 amide bonds. The molecule has 270 valence electrons. The number of quaternary nitrogens is 1. The van der Waals surface area contributed by atoms with Crippen LogP contribution in [0.5, 0.6) is 0 Å². The van der Waals surface area contributed by atoms with E-state index < -0.39 is 82.8 Å². The Morgan fingerprint density at radius 1 is 0.812 bits per heavy atom. The molecule has 1 rings (SSSR count). The normalized spacial score (nSPS) is 14.2. The van der Waals surface area contributed by atoms with Crippen LogP contribution in [0.4, 0.5) is 0 Å². The van der Waals surface area contributed by atoms with Gasteiger partial charge in [-0.25, -0.2) is 17.9 Å². The van der Waals surface area contributed by atoms with E-state index in [0.29, 0.717) is 10.9 Å². The minimum Gasteiger partial charge on any atom is -0.478 e. The average molecular weight is 701 g/mol. The van der Waals surface area contributed by atoms with Crippen molar-refractivity contribution in [1.82, 2.24) is 26.0 Å². The number of primary amides is 1. The highest BCUT2D eigenvalue weighted by atomic mass is 32.2. The van der Waals surface area contributed by atoms with Crippen LogP contribution in [0.15, 0.2) is 29.2 Å². The van der Waals surface area contributed by atoms with E-state index in [-0.39, 0.29) is 29.2 Å². The zero-order valence-electron chi connectivity index (χ0n) is 28.2. The third kappa shape index (κ3) is 15.2. The summed E-state index contributed by atoms with van der Waals surface area (Å²) in [4.78, 5) is 74.3. The second-order valence-electron chi connectivity index (χ2n) is 12.9. The number of nitrogens with two attached hydrogens (primary N) is 1. The van der Waals surface area contributed by atoms with Gasteiger partial charge in [-0.05, 0) is 62.8 Å². The molecule has 9 N–H and O–H groups in total. The fourth-order valence-electron chi connectivity index (χ4n) is 4.33. The number of carboxylic acid groups (broad SMARTS) is 1. The van der Waals surface area contributed by atoms with Crippen LogP contribution < -0.4 is 31.7 Å². The number of carbonyl (C=O) groups excluding carboxylic acids is 5. The lowest BCUT2D eigenvalue weighted by Crippen LogP contribution is -2.58. The van der Waals surface area contributed by atoms with Gasteiger partial charge < -0.3 is 41.7 Å². The lowest BCUT2D eigenvalue weighted by molar-refractivity contribution is -0.870. The summed E-state index contributed by atoms with van der Waals surface area (Å²) in [5.74, 6) is -5.31. The molecule has 18 heteroatoms. The molecule has 0 saturated carbocycles. The van der Waals surface area contributed by atoms with Gasteiger partial charge in [0.05, 0.1) is 51.3 Å². The standard InChI is InChI=1S/C30H49N7O10S/c1-18(2)15-23(29(43)34-22(9-7-8-14-37(4,5)6)28(42)36-24(17-38)26(31)40)35-27(41)19(3)33-25(39)16-32-48(46,47)21-12-10-20(11-13-21)30(44)45/h10-13,18-19,22-24,32,38H,7-9,14-17H2,1-6H3,(H6-,31,33,34,35,36,39,40,41,42,43,44,45)/p+1/t19-,22-,23-,24-/m0/s1. The third-order valence-electron chi connectivity index (χ3n) is 6.99. The summed E-state index contributed by atoms with van der Waals surface area (Å²) >= 11 is 0. The molecule has 0 aliphatic heterocycles. The molecule has 0 unspecified atom stereocenters. The van der Waals surface area contributed by atoms with E-state index in [1.807, 2.05) is 35.0 Å². The van der Waals surface area contributed by atoms with E-state index in [1.54, 1.807) is 0 Å². The Morgan fingerprint density at radius 2 is 1.35 bits per heavy atom. The van der Waals surface area contributed by atoms with Crippen LogP contribution in [-0.2, 0) is 34.0 Å². The molecule has 0 fully saturated rings. The summed E-state index contributed by atoms with van der Waals surface area (Å²) in [6.07, 6.45) is 1.62. The maximum absolute atomic E-state index is 13.4. The van der Waals surface area contributed by atoms with Crippen molar-refractivity contribution in [3.8, 4) is 0 Å². The van der Waals surface area contributed by atoms with Crippen molar-refractivity contribution >= 4 is 45.5 Å². The summed E-state index contributed by atoms with van der Waals surface area (Å²) in [6.45, 7) is 4.28. The van der Waals surface area contributed by atoms with Crippen LogP contribution in [0, 0.1) is 5.92 Å². The molecule has 1 aromatic carbocycles. The monoisotopic (exact) mass is 700 g/mol. The fraction of sp³-hybridized carbons (Fsp3) is 0.600. The molecule has 0 bridgehead atoms. The lowest BCUT2D eigenvalue weighted by atomic mass is 10.0. The first-order valence-electron chi connectivity index (χ1n) is 15.4. The summed E-state index contributed by atoms with van der Waals surface area (Å²) in [5, 5.41) is 28.3. The van der Waals surface area contributed by atoms with Gasteiger partial charge in [0.15, 0.2) is 0 Å². The smallest absolute Gasteiger partial charge is 0.335 e. The van der Waals surface area contributed by atoms with E-state index in [9.17, 15) is 42.3 Å². The van der Waals surface area contributed by atoms with Gasteiger partial charge in [0, 0.05) is 0 Å². The average Bonchev–Trinajstić information content (AvgIpc) is 2.98. The van der Waals surface area contributed by atoms with Gasteiger partial charge in [0.1, 0.15) is 24.2 Å². The number of nitrogens with zero attached hydrogens (tertiary/aromatic N) is 1. The first-order valence-corrected chi connectivity index (χ1v) is 16.9. The van der Waals surface area contributed by atoms with Crippen LogP contribution in [0.2, 0.25) is 0 Å². The predicted molar refractivity (Wildman–Crippen MR) is 174 cm³/mol. The van der Waals surface area contributed by atoms with Crippen molar-refractivity contribution in [1.29, 1.82) is 0 Å². The quantitative estimate of drug-likeness (QED) is 0.0518. The van der Waals surface area contributed by atoms with Crippen molar-refractivity contribution in [2.45, 2.75) is 75.5 Å². The minimum atomic E-state index is -4.18. The Labute approximate surface area is 281 Å². The van der Waals surface area contributed by atoms with Crippen molar-refractivity contribution in [3.05, 3.63) is 29.8 Å². The maximum Gasteiger partial charge on any atom is 0.335 e. The Bertz CT molecular complexity index is 1400. The number of nitrogens with one attached hydrogen (secondary N) is 5. The van der Waals surface area contributed by atoms with Crippen molar-refractivity contribution in [2.75, 3.05) is 40.8 Å². The van der Waals surface area contributed by atoms with Crippen LogP contribution in [-0.4, -0.2) is 124 Å². The number of rotatable bonds is 21. The fourth-order valence-corrected chi connectivity index (χ4v) is 5.32. The first kappa shape index (κ1) is 41.9. The van der Waals surface area contributed by atoms with Crippen LogP contribution in [0.3, 0.4) is 0 Å². The molecule has 1 aromatic rings. The number of aliphatic hydroxyl groups is 1. The van der Waals surface area contributed by atoms with Gasteiger partial charge in [-0.1, -0.05) is 13.8 Å². The molecule has 4 atom stereocenters. The number of hydrogen-bond acceptors (Lipinski definition) is 9. The van der Waals surface area contributed by atoms with Gasteiger partial charge >= 0.3 is 5.97 Å². The second-order valence-corrected chi connectivity index (χ2v) is 14.6. The molecule has 0 saturated heterocycles. The van der Waals surface area contributed by atoms with Gasteiger partial charge in [0.25, 0.3) is 0 Å². The van der Waals surface area contributed by atoms with Crippen LogP contribution >= 0.6 is 0 Å². The lowest BCUT2D eigenvalue weighted by Gasteiger charge is -2.27. The molecule has 0 heterocycles. The Morgan fingerprint density at radius 3 is 1.85 bits per heavy atom. The highest BCUT2D eigenvalue weighted by Gasteiger charge is 2.30. The topological polar surface area (TPSA) is 263 Å². The molecular weight excluding hydrogens is 650 g/mol. The zero-order chi connectivity index (χ0) is 36.8. The van der Waals surface area contributed by atoms with Crippen molar-refractivity contribution < 1.29 is 51.9 Å². The van der Waals surface area contributed by atoms with E-state index in [1.165, 1.54) is 6.92 Å². The SMILES string of the molecule is CC(C)C[C@H](NC(=O)[C@H](C)NC(=O)CNS(=O)(=O)c1ccc(C(=O)O)cc1)C(=O)N[C@@H](CCCC[N+](C)(C)C)C(=O)N[C@@H](CO)C(N)=O. The Kier molecular flexibility index (Phi) is 16.6. The number of carboxylic acids is 1. The van der Waals surface area contributed by atoms with Crippen LogP contribution in [0.1, 0.15) is 56.8 Å². The first-order chi connectivity index (χ1) is 22.2. The number of amides is 5. The molecule has 48 heavy (non-hydrogen) atoms. The number of aromatic carboxylic acids is 1. The highest BCUT2D eigenvalue weighted by Crippen LogP contribution is 2.11. The molecule has 0 aromatic heterocycles. The summed E-state index contributed by atoms with van der Waals surface area (Å²) < 4.78 is 27.8. The number of carbonyl (C=O) groups is 6. The predicted octanol–water partition coefficient (Wildman–Crippen LogP) is -1.98. The number of sulfonamides is 1. The van der Waals surface area contributed by atoms with Gasteiger partial charge in [-0.2, -0.15) is 0 Å². The molecule has 0 radical (unpaired) electrons. The van der Waals surface area contributed by atoms with E-state index in [0.717, 1.165) is 37.2 Å². The zero-order valence-corrected chi connectivity index (χ0v) is 29.1. The van der Waals surface area contributed by atoms with E-state index >= 15 is 0 Å². The summed E-state index contributed by atoms with van der Waals surface area (Å²) in [7, 11) is 1.85. The van der Waals surface area contributed by atoms with Gasteiger partial charge in [-0.3, -0.25) is 24.0 Å². The number of hydrogen-bond donors (Lipinski definition) is 8. The van der Waals surface area contributed by atoms with Crippen molar-refractivity contribution in [3.63, 3.8) is 0 Å². The minimum absolute atomic E-state index is 0.0876. The van der Waals surface area contributed by atoms with E-state index in [4.69, 9.17) is 10.8 Å². The molecule has 0 aliphatic carbocycles. The van der Waals surface area contributed by atoms with Gasteiger partial charge in [0.2, 0.25) is 39.6 Å². The molecular formula is C30H50N7O10S+. The largest absolute Gasteiger partial charge is 0.478 e. The number of unbranched alkanes of at least 4 members (excludes halogenated alkanes) is 1. The Hall–Kier alpha value is -4.13. The highest BCUT2D eigenvalue weighted by molar-refractivity contribution is 7.89. The Balaban J connectivity index is 2.94.